The van der Waals surface area contributed by atoms with Gasteiger partial charge in [0.15, 0.2) is 0 Å². The number of hydrogen-bond acceptors (Lipinski definition) is 7. The lowest BCUT2D eigenvalue weighted by Gasteiger charge is -2.19. The molecule has 2 aromatic carbocycles. The average Bonchev–Trinajstić information content (AvgIpc) is 3.34. The summed E-state index contributed by atoms with van der Waals surface area (Å²) >= 11 is 0. The minimum absolute atomic E-state index is 0.0709. The molecule has 5 rings (SSSR count). The van der Waals surface area contributed by atoms with Crippen LogP contribution in [0.25, 0.3) is 0 Å². The van der Waals surface area contributed by atoms with E-state index in [-0.39, 0.29) is 48.5 Å². The van der Waals surface area contributed by atoms with Crippen molar-refractivity contribution >= 4 is 22.9 Å². The summed E-state index contributed by atoms with van der Waals surface area (Å²) in [6.07, 6.45) is 0.476. The summed E-state index contributed by atoms with van der Waals surface area (Å²) in [7, 11) is 0. The molecule has 43 heavy (non-hydrogen) atoms. The lowest BCUT2D eigenvalue weighted by atomic mass is 10.0. The van der Waals surface area contributed by atoms with Gasteiger partial charge < -0.3 is 20.3 Å². The zero-order chi connectivity index (χ0) is 30.6. The fraction of sp³-hybridized carbons (Fsp3) is 0.267. The Balaban J connectivity index is 1.40. The van der Waals surface area contributed by atoms with Crippen molar-refractivity contribution in [2.75, 3.05) is 36.5 Å². The lowest BCUT2D eigenvalue weighted by molar-refractivity contribution is -0.124. The Kier molecular flexibility index (Phi) is 8.81. The fourth-order valence-electron chi connectivity index (χ4n) is 4.91. The monoisotopic (exact) mass is 598 g/mol. The number of aromatic nitrogens is 3. The molecule has 0 amide bonds. The van der Waals surface area contributed by atoms with Crippen molar-refractivity contribution in [2.24, 2.45) is 0 Å². The van der Waals surface area contributed by atoms with Gasteiger partial charge in [0.25, 0.3) is 5.71 Å². The Morgan fingerprint density at radius 1 is 1.09 bits per heavy atom. The third-order valence-corrected chi connectivity index (χ3v) is 6.92. The third-order valence-electron chi connectivity index (χ3n) is 6.92. The first-order valence-electron chi connectivity index (χ1n) is 13.5. The summed E-state index contributed by atoms with van der Waals surface area (Å²) in [5.74, 6) is -0.997. The van der Waals surface area contributed by atoms with Gasteiger partial charge in [-0.25, -0.2) is 18.7 Å². The summed E-state index contributed by atoms with van der Waals surface area (Å²) in [5.41, 5.74) is 2.48. The number of alkyl halides is 3. The summed E-state index contributed by atoms with van der Waals surface area (Å²) < 4.78 is 72.8. The molecule has 8 nitrogen and oxygen atoms in total. The molecule has 2 aromatic heterocycles. The maximum atomic E-state index is 14.7. The van der Waals surface area contributed by atoms with E-state index in [0.29, 0.717) is 29.2 Å². The summed E-state index contributed by atoms with van der Waals surface area (Å²) in [4.78, 5) is 15.1. The highest BCUT2D eigenvalue weighted by Gasteiger charge is 2.34. The normalized spacial score (nSPS) is 14.5. The van der Waals surface area contributed by atoms with Crippen molar-refractivity contribution in [2.45, 2.75) is 25.6 Å². The smallest absolute Gasteiger partial charge is 0.401 e. The Bertz CT molecular complexity index is 1580. The Morgan fingerprint density at radius 2 is 1.81 bits per heavy atom. The van der Waals surface area contributed by atoms with Crippen LogP contribution in [0.15, 0.2) is 67.1 Å². The molecule has 0 aliphatic carbocycles. The van der Waals surface area contributed by atoms with Crippen molar-refractivity contribution in [1.29, 1.82) is 0 Å². The topological polar surface area (TPSA) is 101 Å². The second-order valence-corrected chi connectivity index (χ2v) is 9.84. The van der Waals surface area contributed by atoms with Crippen LogP contribution in [0.4, 0.5) is 39.1 Å². The van der Waals surface area contributed by atoms with Crippen LogP contribution < -0.4 is 25.7 Å². The summed E-state index contributed by atoms with van der Waals surface area (Å²) in [5, 5.41) is 12.1. The Labute approximate surface area is 244 Å². The number of ether oxygens (including phenoxy) is 1. The minimum Gasteiger partial charge on any atom is -0.494 e. The highest BCUT2D eigenvalue weighted by atomic mass is 19.4. The predicted octanol–water partition coefficient (Wildman–Crippen LogP) is 4.14. The average molecular weight is 599 g/mol. The molecule has 0 unspecified atom stereocenters. The molecule has 0 saturated heterocycles. The number of anilines is 3. The number of nitrogens with one attached hydrogen (secondary N) is 2. The van der Waals surface area contributed by atoms with E-state index < -0.39 is 24.4 Å². The number of rotatable bonds is 11. The van der Waals surface area contributed by atoms with Crippen LogP contribution in [0.5, 0.6) is 5.75 Å². The van der Waals surface area contributed by atoms with Gasteiger partial charge in [-0.3, -0.25) is 10.4 Å². The summed E-state index contributed by atoms with van der Waals surface area (Å²) in [6, 6.07) is 12.8. The van der Waals surface area contributed by atoms with Crippen molar-refractivity contribution in [1.82, 2.24) is 20.3 Å². The van der Waals surface area contributed by atoms with Gasteiger partial charge in [0.1, 0.15) is 23.2 Å². The van der Waals surface area contributed by atoms with Crippen LogP contribution >= 0.6 is 0 Å². The SMILES string of the molecule is CCOc1cc(F)c(CNc2ccccc2C(=[NH2+])c2ncc3c(n2)N(c2ccncc2)C[C@H]3CNCC(F)(F)F)c(F)c1. The van der Waals surface area contributed by atoms with Gasteiger partial charge in [-0.1, -0.05) is 12.1 Å². The first-order valence-corrected chi connectivity index (χ1v) is 13.5. The van der Waals surface area contributed by atoms with Crippen LogP contribution in [-0.2, 0) is 6.54 Å². The van der Waals surface area contributed by atoms with Gasteiger partial charge in [0, 0.05) is 78.8 Å². The molecule has 4 aromatic rings. The molecule has 224 valence electrons. The maximum absolute atomic E-state index is 14.7. The van der Waals surface area contributed by atoms with Gasteiger partial charge in [-0.15, -0.1) is 0 Å². The van der Waals surface area contributed by atoms with E-state index in [9.17, 15) is 22.0 Å². The van der Waals surface area contributed by atoms with Crippen LogP contribution in [-0.4, -0.2) is 53.1 Å². The van der Waals surface area contributed by atoms with Crippen molar-refractivity contribution in [3.8, 4) is 5.75 Å². The largest absolute Gasteiger partial charge is 0.494 e. The van der Waals surface area contributed by atoms with Gasteiger partial charge in [0.05, 0.1) is 18.7 Å². The van der Waals surface area contributed by atoms with Crippen LogP contribution in [0.3, 0.4) is 0 Å². The fourth-order valence-corrected chi connectivity index (χ4v) is 4.91. The van der Waals surface area contributed by atoms with Gasteiger partial charge in [-0.05, 0) is 31.2 Å². The molecular weight excluding hydrogens is 569 g/mol. The van der Waals surface area contributed by atoms with E-state index in [0.717, 1.165) is 17.8 Å². The number of fused-ring (bicyclic) bond motifs is 1. The van der Waals surface area contributed by atoms with Crippen LogP contribution in [0.2, 0.25) is 0 Å². The van der Waals surface area contributed by atoms with E-state index in [4.69, 9.17) is 15.1 Å². The quantitative estimate of drug-likeness (QED) is 0.176. The van der Waals surface area contributed by atoms with Crippen LogP contribution in [0, 0.1) is 11.6 Å². The molecule has 1 aliphatic heterocycles. The highest BCUT2D eigenvalue weighted by Crippen LogP contribution is 2.39. The van der Waals surface area contributed by atoms with Gasteiger partial charge in [-0.2, -0.15) is 13.2 Å². The number of nitrogens with two attached hydrogens (primary N) is 1. The molecule has 4 N–H and O–H groups in total. The Morgan fingerprint density at radius 3 is 2.51 bits per heavy atom. The van der Waals surface area contributed by atoms with E-state index in [1.807, 2.05) is 4.90 Å². The molecule has 0 fully saturated rings. The van der Waals surface area contributed by atoms with E-state index in [1.54, 1.807) is 61.9 Å². The predicted molar refractivity (Wildman–Crippen MR) is 151 cm³/mol. The molecule has 1 aliphatic rings. The van der Waals surface area contributed by atoms with Crippen molar-refractivity contribution < 1.29 is 32.1 Å². The van der Waals surface area contributed by atoms with E-state index in [1.165, 1.54) is 0 Å². The number of benzene rings is 2. The van der Waals surface area contributed by atoms with Gasteiger partial charge in [0.2, 0.25) is 5.82 Å². The number of para-hydroxylation sites is 1. The van der Waals surface area contributed by atoms with E-state index in [2.05, 4.69) is 20.6 Å². The van der Waals surface area contributed by atoms with E-state index >= 15 is 0 Å². The zero-order valence-corrected chi connectivity index (χ0v) is 23.1. The number of nitrogens with zero attached hydrogens (tertiary/aromatic N) is 4. The van der Waals surface area contributed by atoms with Gasteiger partial charge >= 0.3 is 6.18 Å². The van der Waals surface area contributed by atoms with Crippen LogP contribution in [0.1, 0.15) is 35.4 Å². The number of halogens is 5. The third kappa shape index (κ3) is 6.88. The standard InChI is InChI=1S/C30H28F5N7O/c1-2-43-20-11-24(31)23(25(32)12-20)15-39-26-6-4-3-5-21(26)27(36)28-40-14-22-18(13-38-17-30(33,34)35)16-42(29(22)41-28)19-7-9-37-10-8-19/h3-12,14,18,36,38-39H,2,13,15-17H2,1H3/p+1/t18-/m1/s1. The molecule has 3 heterocycles. The van der Waals surface area contributed by atoms with Crippen molar-refractivity contribution in [3.63, 3.8) is 0 Å². The molecular formula is C30H29F5N7O+. The molecule has 0 saturated carbocycles. The summed E-state index contributed by atoms with van der Waals surface area (Å²) in [6.45, 7) is 1.17. The minimum atomic E-state index is -4.33. The number of pyridine rings is 1. The second-order valence-electron chi connectivity index (χ2n) is 9.84. The maximum Gasteiger partial charge on any atom is 0.401 e. The lowest BCUT2D eigenvalue weighted by Crippen LogP contribution is -2.42. The molecule has 13 heteroatoms. The highest BCUT2D eigenvalue weighted by molar-refractivity contribution is 6.10. The zero-order valence-electron chi connectivity index (χ0n) is 23.1. The second kappa shape index (κ2) is 12.7. The molecule has 1 atom stereocenters. The first kappa shape index (κ1) is 29.8. The number of hydrogen-bond donors (Lipinski definition) is 3. The first-order chi connectivity index (χ1) is 20.6. The van der Waals surface area contributed by atoms with Crippen molar-refractivity contribution in [3.05, 3.63) is 101 Å². The molecule has 0 radical (unpaired) electrons. The Hall–Kier alpha value is -4.65. The molecule has 0 spiro atoms. The molecule has 0 bridgehead atoms.